The van der Waals surface area contributed by atoms with Crippen LogP contribution in [0.2, 0.25) is 0 Å². The molecule has 0 saturated carbocycles. The summed E-state index contributed by atoms with van der Waals surface area (Å²) in [4.78, 5) is 11.2. The summed E-state index contributed by atoms with van der Waals surface area (Å²) in [5.41, 5.74) is 1.30. The van der Waals surface area contributed by atoms with E-state index < -0.39 is 0 Å². The maximum Gasteiger partial charge on any atom is 0.251 e. The largest absolute Gasteiger partial charge is 0.359 e. The second-order valence-electron chi connectivity index (χ2n) is 3.73. The number of carbonyl (C=O) groups is 1. The Balaban J connectivity index is 1.75. The van der Waals surface area contributed by atoms with Crippen molar-refractivity contribution in [3.8, 4) is 0 Å². The van der Waals surface area contributed by atoms with Gasteiger partial charge >= 0.3 is 0 Å². The Morgan fingerprint density at radius 3 is 2.80 bits per heavy atom. The Morgan fingerprint density at radius 1 is 1.40 bits per heavy atom. The third-order valence-electron chi connectivity index (χ3n) is 2.65. The molecule has 1 amide bonds. The molecule has 3 heteroatoms. The number of epoxide rings is 1. The van der Waals surface area contributed by atoms with Crippen LogP contribution < -0.4 is 5.32 Å². The van der Waals surface area contributed by atoms with Crippen LogP contribution in [0, 0.1) is 0 Å². The number of rotatable bonds is 4. The van der Waals surface area contributed by atoms with E-state index in [1.165, 1.54) is 5.56 Å². The molecule has 2 rings (SSSR count). The van der Waals surface area contributed by atoms with Crippen molar-refractivity contribution < 1.29 is 9.53 Å². The van der Waals surface area contributed by atoms with Crippen LogP contribution in [0.5, 0.6) is 0 Å². The number of hydrogen-bond acceptors (Lipinski definition) is 2. The Kier molecular flexibility index (Phi) is 3.02. The Morgan fingerprint density at radius 2 is 2.13 bits per heavy atom. The Labute approximate surface area is 89.4 Å². The number of ether oxygens (including phenoxy) is 1. The zero-order valence-electron chi connectivity index (χ0n) is 8.77. The van der Waals surface area contributed by atoms with Gasteiger partial charge in [-0.1, -0.05) is 30.3 Å². The predicted octanol–water partition coefficient (Wildman–Crippen LogP) is 1.13. The van der Waals surface area contributed by atoms with Gasteiger partial charge in [0.25, 0.3) is 5.91 Å². The average Bonchev–Trinajstić information content (AvgIpc) is 3.06. The van der Waals surface area contributed by atoms with Gasteiger partial charge in [0.05, 0.1) is 6.10 Å². The van der Waals surface area contributed by atoms with Gasteiger partial charge in [0, 0.05) is 7.05 Å². The molecule has 1 aliphatic heterocycles. The quantitative estimate of drug-likeness (QED) is 0.749. The molecule has 0 aliphatic carbocycles. The van der Waals surface area contributed by atoms with Gasteiger partial charge in [-0.3, -0.25) is 4.79 Å². The van der Waals surface area contributed by atoms with Crippen LogP contribution in [0.15, 0.2) is 30.3 Å². The first kappa shape index (κ1) is 10.2. The lowest BCUT2D eigenvalue weighted by molar-refractivity contribution is -0.121. The summed E-state index contributed by atoms with van der Waals surface area (Å²) in [6.45, 7) is 0. The molecule has 1 aliphatic rings. The summed E-state index contributed by atoms with van der Waals surface area (Å²) in [6, 6.07) is 10.2. The second-order valence-corrected chi connectivity index (χ2v) is 3.73. The normalized spacial score (nSPS) is 23.5. The van der Waals surface area contributed by atoms with Crippen molar-refractivity contribution in [3.05, 3.63) is 35.9 Å². The molecule has 1 fully saturated rings. The highest BCUT2D eigenvalue weighted by Crippen LogP contribution is 2.26. The Bertz CT molecular complexity index is 337. The number of nitrogens with one attached hydrogen (secondary N) is 1. The van der Waals surface area contributed by atoms with Gasteiger partial charge in [0.15, 0.2) is 6.10 Å². The number of carbonyl (C=O) groups excluding carboxylic acids is 1. The molecule has 0 unspecified atom stereocenters. The number of benzene rings is 1. The average molecular weight is 205 g/mol. The predicted molar refractivity (Wildman–Crippen MR) is 57.5 cm³/mol. The third-order valence-corrected chi connectivity index (χ3v) is 2.65. The summed E-state index contributed by atoms with van der Waals surface area (Å²) >= 11 is 0. The molecule has 1 heterocycles. The summed E-state index contributed by atoms with van der Waals surface area (Å²) in [6.07, 6.45) is 1.80. The van der Waals surface area contributed by atoms with Crippen LogP contribution in [0.25, 0.3) is 0 Å². The molecule has 1 aromatic carbocycles. The number of hydrogen-bond donors (Lipinski definition) is 1. The minimum absolute atomic E-state index is 0.00642. The van der Waals surface area contributed by atoms with Crippen LogP contribution in [0.4, 0.5) is 0 Å². The molecule has 15 heavy (non-hydrogen) atoms. The van der Waals surface area contributed by atoms with E-state index in [1.807, 2.05) is 18.2 Å². The molecule has 1 N–H and O–H groups in total. The van der Waals surface area contributed by atoms with Gasteiger partial charge in [-0.2, -0.15) is 0 Å². The topological polar surface area (TPSA) is 41.6 Å². The molecule has 2 atom stereocenters. The van der Waals surface area contributed by atoms with Gasteiger partial charge in [-0.25, -0.2) is 0 Å². The monoisotopic (exact) mass is 205 g/mol. The second kappa shape index (κ2) is 4.45. The van der Waals surface area contributed by atoms with Crippen molar-refractivity contribution in [1.82, 2.24) is 5.32 Å². The maximum atomic E-state index is 11.2. The summed E-state index contributed by atoms with van der Waals surface area (Å²) in [5.74, 6) is -0.00642. The molecule has 0 spiro atoms. The lowest BCUT2D eigenvalue weighted by Gasteiger charge is -1.97. The Hall–Kier alpha value is -1.35. The third kappa shape index (κ3) is 2.57. The van der Waals surface area contributed by atoms with Crippen molar-refractivity contribution in [3.63, 3.8) is 0 Å². The number of aryl methyl sites for hydroxylation is 1. The first-order chi connectivity index (χ1) is 7.31. The van der Waals surface area contributed by atoms with Crippen molar-refractivity contribution >= 4 is 5.91 Å². The molecule has 0 aromatic heterocycles. The van der Waals surface area contributed by atoms with Gasteiger partial charge in [0.1, 0.15) is 0 Å². The van der Waals surface area contributed by atoms with Crippen molar-refractivity contribution in [2.75, 3.05) is 7.05 Å². The van der Waals surface area contributed by atoms with E-state index in [-0.39, 0.29) is 18.1 Å². The minimum Gasteiger partial charge on any atom is -0.359 e. The van der Waals surface area contributed by atoms with E-state index >= 15 is 0 Å². The summed E-state index contributed by atoms with van der Waals surface area (Å²) in [7, 11) is 1.64. The fourth-order valence-corrected chi connectivity index (χ4v) is 1.69. The number of likely N-dealkylation sites (N-methyl/N-ethyl adjacent to an activating group) is 1. The molecule has 3 nitrogen and oxygen atoms in total. The zero-order chi connectivity index (χ0) is 10.7. The fourth-order valence-electron chi connectivity index (χ4n) is 1.69. The van der Waals surface area contributed by atoms with Gasteiger partial charge in [-0.15, -0.1) is 0 Å². The maximum absolute atomic E-state index is 11.2. The lowest BCUT2D eigenvalue weighted by atomic mass is 10.1. The van der Waals surface area contributed by atoms with E-state index in [0.29, 0.717) is 0 Å². The smallest absolute Gasteiger partial charge is 0.251 e. The standard InChI is InChI=1S/C12H15NO2/c1-13-12(14)11-10(15-11)8-7-9-5-3-2-4-6-9/h2-6,10-11H,7-8H2,1H3,(H,13,14)/t10-,11-/m1/s1. The van der Waals surface area contributed by atoms with Crippen LogP contribution in [0.1, 0.15) is 12.0 Å². The van der Waals surface area contributed by atoms with Gasteiger partial charge in [0.2, 0.25) is 0 Å². The minimum atomic E-state index is -0.210. The molecule has 80 valence electrons. The molecule has 1 aromatic rings. The highest BCUT2D eigenvalue weighted by Gasteiger charge is 2.43. The molecule has 1 saturated heterocycles. The highest BCUT2D eigenvalue weighted by atomic mass is 16.6. The first-order valence-corrected chi connectivity index (χ1v) is 5.22. The highest BCUT2D eigenvalue weighted by molar-refractivity contribution is 5.83. The summed E-state index contributed by atoms with van der Waals surface area (Å²) < 4.78 is 5.28. The first-order valence-electron chi connectivity index (χ1n) is 5.22. The van der Waals surface area contributed by atoms with E-state index in [4.69, 9.17) is 4.74 Å². The van der Waals surface area contributed by atoms with E-state index in [0.717, 1.165) is 12.8 Å². The molecule has 0 radical (unpaired) electrons. The van der Waals surface area contributed by atoms with Crippen molar-refractivity contribution in [1.29, 1.82) is 0 Å². The van der Waals surface area contributed by atoms with E-state index in [9.17, 15) is 4.79 Å². The summed E-state index contributed by atoms with van der Waals surface area (Å²) in [5, 5.41) is 2.59. The van der Waals surface area contributed by atoms with Crippen molar-refractivity contribution in [2.24, 2.45) is 0 Å². The van der Waals surface area contributed by atoms with E-state index in [1.54, 1.807) is 7.05 Å². The van der Waals surface area contributed by atoms with Crippen LogP contribution >= 0.6 is 0 Å². The SMILES string of the molecule is CNC(=O)[C@@H]1O[C@@H]1CCc1ccccc1. The van der Waals surface area contributed by atoms with E-state index in [2.05, 4.69) is 17.4 Å². The van der Waals surface area contributed by atoms with Crippen LogP contribution in [0.3, 0.4) is 0 Å². The van der Waals surface area contributed by atoms with Crippen LogP contribution in [-0.2, 0) is 16.0 Å². The molecular weight excluding hydrogens is 190 g/mol. The van der Waals surface area contributed by atoms with Gasteiger partial charge in [-0.05, 0) is 18.4 Å². The zero-order valence-corrected chi connectivity index (χ0v) is 8.77. The number of amides is 1. The molecular formula is C12H15NO2. The lowest BCUT2D eigenvalue weighted by Crippen LogP contribution is -2.24. The van der Waals surface area contributed by atoms with Crippen molar-refractivity contribution in [2.45, 2.75) is 25.0 Å². The van der Waals surface area contributed by atoms with Crippen LogP contribution in [-0.4, -0.2) is 25.2 Å². The molecule has 0 bridgehead atoms. The van der Waals surface area contributed by atoms with Gasteiger partial charge < -0.3 is 10.1 Å². The fraction of sp³-hybridized carbons (Fsp3) is 0.417.